The van der Waals surface area contributed by atoms with E-state index in [1.807, 2.05) is 12.1 Å². The zero-order valence-electron chi connectivity index (χ0n) is 20.1. The van der Waals surface area contributed by atoms with Crippen LogP contribution in [0.2, 0.25) is 0 Å². The topological polar surface area (TPSA) is 40.5 Å². The van der Waals surface area contributed by atoms with Crippen LogP contribution in [0.4, 0.5) is 0 Å². The summed E-state index contributed by atoms with van der Waals surface area (Å²) in [6, 6.07) is 44.1. The second-order valence-corrected chi connectivity index (χ2v) is 9.60. The summed E-state index contributed by atoms with van der Waals surface area (Å²) in [6.45, 7) is 0. The Morgan fingerprint density at radius 2 is 0.757 bits per heavy atom. The van der Waals surface area contributed by atoms with Crippen molar-refractivity contribution in [3.63, 3.8) is 0 Å². The van der Waals surface area contributed by atoms with Gasteiger partial charge in [-0.25, -0.2) is 0 Å². The summed E-state index contributed by atoms with van der Waals surface area (Å²) >= 11 is 0. The van der Waals surface area contributed by atoms with Gasteiger partial charge in [0.15, 0.2) is 0 Å². The number of rotatable bonds is 3. The van der Waals surface area contributed by atoms with Gasteiger partial charge in [0.05, 0.1) is 0 Å². The molecule has 0 aliphatic carbocycles. The summed E-state index contributed by atoms with van der Waals surface area (Å²) < 4.78 is 0. The first-order chi connectivity index (χ1) is 18.2. The molecular formula is C34H23BO2. The molecule has 0 saturated heterocycles. The third kappa shape index (κ3) is 3.60. The molecule has 0 bridgehead atoms. The highest BCUT2D eigenvalue weighted by molar-refractivity contribution is 6.59. The van der Waals surface area contributed by atoms with Crippen LogP contribution in [0.25, 0.3) is 65.3 Å². The SMILES string of the molecule is OB(O)c1cc(-c2cc3ccccc3c3ccccc23)cc(-c2cc3ccccc3c3ccccc23)c1. The zero-order valence-corrected chi connectivity index (χ0v) is 20.1. The van der Waals surface area contributed by atoms with Gasteiger partial charge >= 0.3 is 7.12 Å². The van der Waals surface area contributed by atoms with Gasteiger partial charge in [0.1, 0.15) is 0 Å². The van der Waals surface area contributed by atoms with Crippen LogP contribution in [0.1, 0.15) is 0 Å². The van der Waals surface area contributed by atoms with Crippen LogP contribution in [0.5, 0.6) is 0 Å². The molecule has 0 aliphatic heterocycles. The number of fused-ring (bicyclic) bond motifs is 6. The molecule has 0 aliphatic rings. The summed E-state index contributed by atoms with van der Waals surface area (Å²) in [5, 5.41) is 30.0. The predicted molar refractivity (Wildman–Crippen MR) is 157 cm³/mol. The van der Waals surface area contributed by atoms with Crippen LogP contribution in [0, 0.1) is 0 Å². The highest BCUT2D eigenvalue weighted by Crippen LogP contribution is 2.39. The maximum atomic E-state index is 10.3. The molecule has 2 N–H and O–H groups in total. The van der Waals surface area contributed by atoms with E-state index in [2.05, 4.69) is 115 Å². The van der Waals surface area contributed by atoms with Crippen molar-refractivity contribution in [1.82, 2.24) is 0 Å². The van der Waals surface area contributed by atoms with E-state index in [0.29, 0.717) is 5.46 Å². The molecule has 7 aromatic rings. The minimum absolute atomic E-state index is 0.474. The maximum Gasteiger partial charge on any atom is 0.488 e. The molecule has 0 aromatic heterocycles. The lowest BCUT2D eigenvalue weighted by molar-refractivity contribution is 0.426. The predicted octanol–water partition coefficient (Wildman–Crippen LogP) is 7.31. The van der Waals surface area contributed by atoms with E-state index >= 15 is 0 Å². The molecule has 7 rings (SSSR count). The Kier molecular flexibility index (Phi) is 5.07. The van der Waals surface area contributed by atoms with Gasteiger partial charge in [0, 0.05) is 0 Å². The van der Waals surface area contributed by atoms with Crippen molar-refractivity contribution < 1.29 is 10.0 Å². The van der Waals surface area contributed by atoms with E-state index in [9.17, 15) is 10.0 Å². The molecule has 0 spiro atoms. The average molecular weight is 474 g/mol. The molecule has 0 amide bonds. The van der Waals surface area contributed by atoms with Gasteiger partial charge in [-0.2, -0.15) is 0 Å². The van der Waals surface area contributed by atoms with E-state index in [0.717, 1.165) is 43.8 Å². The first kappa shape index (κ1) is 21.8. The van der Waals surface area contributed by atoms with Gasteiger partial charge in [0.25, 0.3) is 0 Å². The summed E-state index contributed by atoms with van der Waals surface area (Å²) in [5.74, 6) is 0. The number of benzene rings is 7. The second kappa shape index (κ2) is 8.60. The summed E-state index contributed by atoms with van der Waals surface area (Å²) in [7, 11) is -1.57. The van der Waals surface area contributed by atoms with Crippen LogP contribution in [0.15, 0.2) is 127 Å². The van der Waals surface area contributed by atoms with Gasteiger partial charge in [-0.15, -0.1) is 0 Å². The molecule has 0 unspecified atom stereocenters. The third-order valence-electron chi connectivity index (χ3n) is 7.41. The Morgan fingerprint density at radius 1 is 0.378 bits per heavy atom. The lowest BCUT2D eigenvalue weighted by Gasteiger charge is -2.16. The molecule has 0 saturated carbocycles. The van der Waals surface area contributed by atoms with Gasteiger partial charge in [0.2, 0.25) is 0 Å². The molecule has 37 heavy (non-hydrogen) atoms. The van der Waals surface area contributed by atoms with E-state index in [1.54, 1.807) is 0 Å². The van der Waals surface area contributed by atoms with Crippen LogP contribution in [-0.4, -0.2) is 17.2 Å². The van der Waals surface area contributed by atoms with Crippen molar-refractivity contribution in [2.45, 2.75) is 0 Å². The van der Waals surface area contributed by atoms with Crippen molar-refractivity contribution in [2.75, 3.05) is 0 Å². The van der Waals surface area contributed by atoms with Gasteiger partial charge in [-0.1, -0.05) is 109 Å². The molecule has 0 heterocycles. The Hall–Kier alpha value is -4.44. The van der Waals surface area contributed by atoms with E-state index in [-0.39, 0.29) is 0 Å². The first-order valence-corrected chi connectivity index (χ1v) is 12.5. The van der Waals surface area contributed by atoms with Crippen molar-refractivity contribution in [2.24, 2.45) is 0 Å². The largest absolute Gasteiger partial charge is 0.488 e. The lowest BCUT2D eigenvalue weighted by atomic mass is 9.76. The number of hydrogen-bond acceptors (Lipinski definition) is 2. The molecule has 0 radical (unpaired) electrons. The van der Waals surface area contributed by atoms with Gasteiger partial charge in [-0.3, -0.25) is 0 Å². The molecular weight excluding hydrogens is 451 g/mol. The van der Waals surface area contributed by atoms with E-state index < -0.39 is 7.12 Å². The van der Waals surface area contributed by atoms with Gasteiger partial charge < -0.3 is 10.0 Å². The summed E-state index contributed by atoms with van der Waals surface area (Å²) in [5.41, 5.74) is 4.54. The first-order valence-electron chi connectivity index (χ1n) is 12.5. The summed E-state index contributed by atoms with van der Waals surface area (Å²) in [6.07, 6.45) is 0. The quantitative estimate of drug-likeness (QED) is 0.208. The standard InChI is InChI=1S/C34H23BO2/c36-35(37)26-18-24(33-20-22-9-1-3-11-27(22)29-13-5-7-15-31(29)33)17-25(19-26)34-21-23-10-2-4-12-28(23)30-14-6-8-16-32(30)34/h1-21,36-37H. The van der Waals surface area contributed by atoms with Crippen molar-refractivity contribution in [1.29, 1.82) is 0 Å². The number of hydrogen-bond donors (Lipinski definition) is 2. The third-order valence-corrected chi connectivity index (χ3v) is 7.41. The van der Waals surface area contributed by atoms with Crippen molar-refractivity contribution >= 4 is 55.7 Å². The summed E-state index contributed by atoms with van der Waals surface area (Å²) in [4.78, 5) is 0. The molecule has 2 nitrogen and oxygen atoms in total. The minimum Gasteiger partial charge on any atom is -0.423 e. The van der Waals surface area contributed by atoms with Crippen LogP contribution in [-0.2, 0) is 0 Å². The average Bonchev–Trinajstić information content (AvgIpc) is 2.96. The van der Waals surface area contributed by atoms with E-state index in [4.69, 9.17) is 0 Å². The fourth-order valence-corrected chi connectivity index (χ4v) is 5.70. The monoisotopic (exact) mass is 474 g/mol. The highest BCUT2D eigenvalue weighted by atomic mass is 16.4. The Bertz CT molecular complexity index is 1840. The normalized spacial score (nSPS) is 11.5. The van der Waals surface area contributed by atoms with Crippen LogP contribution < -0.4 is 5.46 Å². The second-order valence-electron chi connectivity index (χ2n) is 9.60. The lowest BCUT2D eigenvalue weighted by Crippen LogP contribution is -2.30. The van der Waals surface area contributed by atoms with Crippen molar-refractivity contribution in [3.05, 3.63) is 127 Å². The zero-order chi connectivity index (χ0) is 24.9. The van der Waals surface area contributed by atoms with Crippen LogP contribution >= 0.6 is 0 Å². The molecule has 7 aromatic carbocycles. The highest BCUT2D eigenvalue weighted by Gasteiger charge is 2.18. The Labute approximate surface area is 215 Å². The van der Waals surface area contributed by atoms with Gasteiger partial charge in [-0.05, 0) is 89.0 Å². The molecule has 0 fully saturated rings. The smallest absolute Gasteiger partial charge is 0.423 e. The fraction of sp³-hybridized carbons (Fsp3) is 0. The fourth-order valence-electron chi connectivity index (χ4n) is 5.70. The van der Waals surface area contributed by atoms with E-state index in [1.165, 1.54) is 21.5 Å². The maximum absolute atomic E-state index is 10.3. The minimum atomic E-state index is -1.57. The molecule has 0 atom stereocenters. The molecule has 174 valence electrons. The van der Waals surface area contributed by atoms with Crippen LogP contribution in [0.3, 0.4) is 0 Å². The van der Waals surface area contributed by atoms with Crippen molar-refractivity contribution in [3.8, 4) is 22.3 Å². The Balaban J connectivity index is 1.56. The molecule has 3 heteroatoms. The Morgan fingerprint density at radius 3 is 1.19 bits per heavy atom.